The quantitative estimate of drug-likeness (QED) is 0.826. The van der Waals surface area contributed by atoms with E-state index in [4.69, 9.17) is 10.5 Å². The zero-order chi connectivity index (χ0) is 11.4. The maximum absolute atomic E-state index is 6.08. The SMILES string of the molecule is COc1cncc(C(N)c2ccnnc2)c1. The van der Waals surface area contributed by atoms with Gasteiger partial charge in [0.05, 0.1) is 25.5 Å². The van der Waals surface area contributed by atoms with Crippen LogP contribution < -0.4 is 10.5 Å². The minimum atomic E-state index is -0.266. The maximum atomic E-state index is 6.08. The summed E-state index contributed by atoms with van der Waals surface area (Å²) in [5.74, 6) is 0.690. The molecule has 2 aromatic heterocycles. The van der Waals surface area contributed by atoms with E-state index in [1.165, 1.54) is 0 Å². The molecule has 0 saturated carbocycles. The van der Waals surface area contributed by atoms with Crippen molar-refractivity contribution in [3.8, 4) is 5.75 Å². The van der Waals surface area contributed by atoms with Gasteiger partial charge in [-0.05, 0) is 23.3 Å². The van der Waals surface area contributed by atoms with E-state index in [0.717, 1.165) is 11.1 Å². The summed E-state index contributed by atoms with van der Waals surface area (Å²) in [6, 6.07) is 3.42. The Morgan fingerprint density at radius 2 is 2.06 bits per heavy atom. The topological polar surface area (TPSA) is 73.9 Å². The number of nitrogens with zero attached hydrogens (tertiary/aromatic N) is 3. The number of nitrogens with two attached hydrogens (primary N) is 1. The lowest BCUT2D eigenvalue weighted by Gasteiger charge is -2.11. The number of ether oxygens (including phenoxy) is 1. The van der Waals surface area contributed by atoms with Gasteiger partial charge in [-0.15, -0.1) is 0 Å². The van der Waals surface area contributed by atoms with Crippen molar-refractivity contribution in [2.75, 3.05) is 7.11 Å². The summed E-state index contributed by atoms with van der Waals surface area (Å²) in [6.07, 6.45) is 6.61. The molecule has 2 rings (SSSR count). The summed E-state index contributed by atoms with van der Waals surface area (Å²) in [5, 5.41) is 7.50. The standard InChI is InChI=1S/C11H12N4O/c1-16-10-4-9(5-13-7-10)11(12)8-2-3-14-15-6-8/h2-7,11H,12H2,1H3. The van der Waals surface area contributed by atoms with E-state index in [2.05, 4.69) is 15.2 Å². The highest BCUT2D eigenvalue weighted by atomic mass is 16.5. The lowest BCUT2D eigenvalue weighted by Crippen LogP contribution is -2.12. The van der Waals surface area contributed by atoms with Gasteiger partial charge in [0.1, 0.15) is 5.75 Å². The van der Waals surface area contributed by atoms with Crippen LogP contribution in [0, 0.1) is 0 Å². The molecule has 0 amide bonds. The van der Waals surface area contributed by atoms with Gasteiger partial charge >= 0.3 is 0 Å². The molecule has 0 aliphatic carbocycles. The fourth-order valence-electron chi connectivity index (χ4n) is 1.39. The third-order valence-corrected chi connectivity index (χ3v) is 2.30. The Bertz CT molecular complexity index is 461. The first kappa shape index (κ1) is 10.5. The van der Waals surface area contributed by atoms with Crippen molar-refractivity contribution in [2.45, 2.75) is 6.04 Å². The molecule has 0 bridgehead atoms. The summed E-state index contributed by atoms with van der Waals surface area (Å²) < 4.78 is 5.09. The summed E-state index contributed by atoms with van der Waals surface area (Å²) in [4.78, 5) is 4.06. The Hall–Kier alpha value is -2.01. The maximum Gasteiger partial charge on any atom is 0.137 e. The molecule has 1 atom stereocenters. The third-order valence-electron chi connectivity index (χ3n) is 2.30. The van der Waals surface area contributed by atoms with Crippen LogP contribution in [-0.2, 0) is 0 Å². The molecule has 5 nitrogen and oxygen atoms in total. The van der Waals surface area contributed by atoms with Gasteiger partial charge in [0, 0.05) is 12.4 Å². The normalized spacial score (nSPS) is 12.1. The van der Waals surface area contributed by atoms with Crippen molar-refractivity contribution in [1.82, 2.24) is 15.2 Å². The Morgan fingerprint density at radius 3 is 2.75 bits per heavy atom. The van der Waals surface area contributed by atoms with E-state index < -0.39 is 0 Å². The molecule has 2 aromatic rings. The molecule has 0 aliphatic rings. The van der Waals surface area contributed by atoms with E-state index in [0.29, 0.717) is 5.75 Å². The molecular formula is C11H12N4O. The average Bonchev–Trinajstić information content (AvgIpc) is 2.39. The minimum absolute atomic E-state index is 0.266. The van der Waals surface area contributed by atoms with Crippen LogP contribution in [0.25, 0.3) is 0 Å². The highest BCUT2D eigenvalue weighted by molar-refractivity contribution is 5.31. The Morgan fingerprint density at radius 1 is 1.19 bits per heavy atom. The number of pyridine rings is 1. The molecule has 0 fully saturated rings. The van der Waals surface area contributed by atoms with Crippen LogP contribution in [-0.4, -0.2) is 22.3 Å². The summed E-state index contributed by atoms with van der Waals surface area (Å²) in [5.41, 5.74) is 7.85. The van der Waals surface area contributed by atoms with Crippen molar-refractivity contribution in [1.29, 1.82) is 0 Å². The van der Waals surface area contributed by atoms with Crippen molar-refractivity contribution < 1.29 is 4.74 Å². The van der Waals surface area contributed by atoms with Crippen molar-refractivity contribution in [3.05, 3.63) is 48.0 Å². The van der Waals surface area contributed by atoms with Gasteiger partial charge in [-0.2, -0.15) is 10.2 Å². The largest absolute Gasteiger partial charge is 0.495 e. The minimum Gasteiger partial charge on any atom is -0.495 e. The summed E-state index contributed by atoms with van der Waals surface area (Å²) in [6.45, 7) is 0. The average molecular weight is 216 g/mol. The second-order valence-corrected chi connectivity index (χ2v) is 3.31. The highest BCUT2D eigenvalue weighted by Crippen LogP contribution is 2.20. The number of hydrogen-bond acceptors (Lipinski definition) is 5. The molecule has 16 heavy (non-hydrogen) atoms. The van der Waals surface area contributed by atoms with Crippen LogP contribution >= 0.6 is 0 Å². The van der Waals surface area contributed by atoms with Gasteiger partial charge in [-0.1, -0.05) is 0 Å². The molecule has 1 unspecified atom stereocenters. The van der Waals surface area contributed by atoms with Gasteiger partial charge in [-0.3, -0.25) is 4.98 Å². The van der Waals surface area contributed by atoms with Gasteiger partial charge in [-0.25, -0.2) is 0 Å². The lowest BCUT2D eigenvalue weighted by atomic mass is 10.0. The second-order valence-electron chi connectivity index (χ2n) is 3.31. The molecule has 0 spiro atoms. The Kier molecular flexibility index (Phi) is 3.07. The van der Waals surface area contributed by atoms with Crippen molar-refractivity contribution in [2.24, 2.45) is 5.73 Å². The van der Waals surface area contributed by atoms with E-state index in [-0.39, 0.29) is 6.04 Å². The molecule has 0 radical (unpaired) electrons. The van der Waals surface area contributed by atoms with Crippen LogP contribution in [0.15, 0.2) is 36.9 Å². The van der Waals surface area contributed by atoms with Crippen LogP contribution in [0.3, 0.4) is 0 Å². The van der Waals surface area contributed by atoms with Crippen LogP contribution in [0.1, 0.15) is 17.2 Å². The second kappa shape index (κ2) is 4.67. The summed E-state index contributed by atoms with van der Waals surface area (Å²) >= 11 is 0. The summed E-state index contributed by atoms with van der Waals surface area (Å²) in [7, 11) is 1.60. The fraction of sp³-hybridized carbons (Fsp3) is 0.182. The highest BCUT2D eigenvalue weighted by Gasteiger charge is 2.10. The molecule has 0 aromatic carbocycles. The molecule has 5 heteroatoms. The van der Waals surface area contributed by atoms with Crippen LogP contribution in [0.4, 0.5) is 0 Å². The number of rotatable bonds is 3. The molecule has 0 aliphatic heterocycles. The van der Waals surface area contributed by atoms with E-state index in [1.807, 2.05) is 12.1 Å². The van der Waals surface area contributed by atoms with Gasteiger partial charge in [0.25, 0.3) is 0 Å². The van der Waals surface area contributed by atoms with E-state index in [1.54, 1.807) is 31.9 Å². The number of methoxy groups -OCH3 is 1. The van der Waals surface area contributed by atoms with Crippen molar-refractivity contribution in [3.63, 3.8) is 0 Å². The first-order valence-electron chi connectivity index (χ1n) is 4.82. The van der Waals surface area contributed by atoms with E-state index >= 15 is 0 Å². The molecule has 0 saturated heterocycles. The lowest BCUT2D eigenvalue weighted by molar-refractivity contribution is 0.412. The fourth-order valence-corrected chi connectivity index (χ4v) is 1.39. The van der Waals surface area contributed by atoms with E-state index in [9.17, 15) is 0 Å². The van der Waals surface area contributed by atoms with Crippen LogP contribution in [0.2, 0.25) is 0 Å². The van der Waals surface area contributed by atoms with Gasteiger partial charge < -0.3 is 10.5 Å². The van der Waals surface area contributed by atoms with Crippen molar-refractivity contribution >= 4 is 0 Å². The predicted molar refractivity (Wildman–Crippen MR) is 58.9 cm³/mol. The predicted octanol–water partition coefficient (Wildman–Crippen LogP) is 0.928. The molecular weight excluding hydrogens is 204 g/mol. The molecule has 82 valence electrons. The monoisotopic (exact) mass is 216 g/mol. The molecule has 2 N–H and O–H groups in total. The first-order chi connectivity index (χ1) is 7.81. The first-order valence-corrected chi connectivity index (χ1v) is 4.82. The number of hydrogen-bond donors (Lipinski definition) is 1. The Labute approximate surface area is 93.3 Å². The zero-order valence-electron chi connectivity index (χ0n) is 8.87. The van der Waals surface area contributed by atoms with Crippen LogP contribution in [0.5, 0.6) is 5.75 Å². The van der Waals surface area contributed by atoms with Gasteiger partial charge in [0.15, 0.2) is 0 Å². The van der Waals surface area contributed by atoms with Gasteiger partial charge in [0.2, 0.25) is 0 Å². The zero-order valence-corrected chi connectivity index (χ0v) is 8.87. The molecule has 2 heterocycles. The smallest absolute Gasteiger partial charge is 0.137 e. The third kappa shape index (κ3) is 2.14. The number of aromatic nitrogens is 3. The Balaban J connectivity index is 2.30.